The van der Waals surface area contributed by atoms with E-state index < -0.39 is 5.97 Å². The molecule has 2 rings (SSSR count). The van der Waals surface area contributed by atoms with Crippen molar-refractivity contribution in [2.24, 2.45) is 0 Å². The summed E-state index contributed by atoms with van der Waals surface area (Å²) in [6, 6.07) is 5.11. The van der Waals surface area contributed by atoms with Crippen LogP contribution in [0.25, 0.3) is 0 Å². The van der Waals surface area contributed by atoms with Crippen LogP contribution in [0.1, 0.15) is 33.3 Å². The van der Waals surface area contributed by atoms with Gasteiger partial charge < -0.3 is 14.8 Å². The van der Waals surface area contributed by atoms with Crippen LogP contribution in [0, 0.1) is 13.8 Å². The van der Waals surface area contributed by atoms with Crippen molar-refractivity contribution in [3.63, 3.8) is 0 Å². The lowest BCUT2D eigenvalue weighted by Crippen LogP contribution is -2.12. The number of anilines is 1. The summed E-state index contributed by atoms with van der Waals surface area (Å²) in [6.07, 6.45) is 0. The molecule has 1 aromatic heterocycles. The van der Waals surface area contributed by atoms with Crippen molar-refractivity contribution in [2.75, 3.05) is 12.4 Å². The third-order valence-corrected chi connectivity index (χ3v) is 4.84. The van der Waals surface area contributed by atoms with E-state index in [1.54, 1.807) is 18.2 Å². The maximum absolute atomic E-state index is 12.5. The van der Waals surface area contributed by atoms with Gasteiger partial charge in [-0.05, 0) is 37.6 Å². The van der Waals surface area contributed by atoms with E-state index in [1.165, 1.54) is 25.4 Å². The largest absolute Gasteiger partial charge is 0.496 e. The molecule has 0 aliphatic carbocycles. The first kappa shape index (κ1) is 18.3. The highest BCUT2D eigenvalue weighted by Gasteiger charge is 2.22. The van der Waals surface area contributed by atoms with Crippen LogP contribution in [0.4, 0.5) is 5.00 Å². The van der Waals surface area contributed by atoms with E-state index in [4.69, 9.17) is 21.1 Å². The number of hydrogen-bond acceptors (Lipinski definition) is 5. The quantitative estimate of drug-likeness (QED) is 0.798. The first-order chi connectivity index (χ1) is 11.3. The summed E-state index contributed by atoms with van der Waals surface area (Å²) in [7, 11) is 1.54. The number of carbonyl (C=O) groups is 2. The van der Waals surface area contributed by atoms with Gasteiger partial charge in [0.15, 0.2) is 0 Å². The van der Waals surface area contributed by atoms with Crippen molar-refractivity contribution >= 4 is 39.8 Å². The van der Waals surface area contributed by atoms with Crippen molar-refractivity contribution in [1.29, 1.82) is 0 Å². The zero-order valence-corrected chi connectivity index (χ0v) is 15.4. The van der Waals surface area contributed by atoms with Crippen LogP contribution < -0.4 is 10.1 Å². The van der Waals surface area contributed by atoms with Crippen LogP contribution in [0.3, 0.4) is 0 Å². The molecule has 0 aliphatic rings. The number of esters is 1. The summed E-state index contributed by atoms with van der Waals surface area (Å²) in [5, 5.41) is 3.71. The lowest BCUT2D eigenvalue weighted by atomic mass is 10.1. The molecule has 0 unspecified atom stereocenters. The van der Waals surface area contributed by atoms with Crippen LogP contribution in [0.2, 0.25) is 5.02 Å². The fourth-order valence-corrected chi connectivity index (χ4v) is 3.49. The first-order valence-corrected chi connectivity index (χ1v) is 8.40. The van der Waals surface area contributed by atoms with Crippen LogP contribution >= 0.6 is 22.9 Å². The van der Waals surface area contributed by atoms with Gasteiger partial charge in [-0.3, -0.25) is 4.79 Å². The molecule has 0 aliphatic heterocycles. The number of halogens is 1. The predicted octanol–water partition coefficient (Wildman–Crippen LogP) is 4.34. The Hall–Kier alpha value is -2.05. The first-order valence-electron chi connectivity index (χ1n) is 7.20. The summed E-state index contributed by atoms with van der Waals surface area (Å²) in [5.74, 6) is -0.142. The normalized spacial score (nSPS) is 10.4. The minimum absolute atomic E-state index is 0.0242. The minimum Gasteiger partial charge on any atom is -0.496 e. The molecule has 1 N–H and O–H groups in total. The van der Waals surface area contributed by atoms with E-state index in [1.807, 2.05) is 13.8 Å². The Morgan fingerprint density at radius 1 is 1.29 bits per heavy atom. The Balaban J connectivity index is 2.22. The molecule has 0 radical (unpaired) electrons. The van der Waals surface area contributed by atoms with Crippen molar-refractivity contribution in [2.45, 2.75) is 27.4 Å². The number of carbonyl (C=O) groups excluding carboxylic acids is 2. The Bertz CT molecular complexity index is 785. The molecule has 1 amide bonds. The molecule has 7 heteroatoms. The number of nitrogens with one attached hydrogen (secondary N) is 1. The second-order valence-corrected chi connectivity index (χ2v) is 6.86. The van der Waals surface area contributed by atoms with Crippen LogP contribution in [-0.2, 0) is 16.1 Å². The predicted molar refractivity (Wildman–Crippen MR) is 95.2 cm³/mol. The number of rotatable bonds is 5. The van der Waals surface area contributed by atoms with Crippen molar-refractivity contribution < 1.29 is 19.1 Å². The van der Waals surface area contributed by atoms with Gasteiger partial charge in [0, 0.05) is 22.4 Å². The summed E-state index contributed by atoms with van der Waals surface area (Å²) in [4.78, 5) is 24.8. The third kappa shape index (κ3) is 4.07. The Morgan fingerprint density at radius 2 is 2.00 bits per heavy atom. The van der Waals surface area contributed by atoms with E-state index >= 15 is 0 Å². The molecule has 5 nitrogen and oxygen atoms in total. The molecule has 1 heterocycles. The molecule has 24 heavy (non-hydrogen) atoms. The molecule has 0 spiro atoms. The number of amides is 1. The van der Waals surface area contributed by atoms with Gasteiger partial charge in [-0.1, -0.05) is 11.6 Å². The van der Waals surface area contributed by atoms with Crippen molar-refractivity contribution in [1.82, 2.24) is 0 Å². The second-order valence-electron chi connectivity index (χ2n) is 5.20. The molecule has 1 aromatic carbocycles. The van der Waals surface area contributed by atoms with Gasteiger partial charge in [-0.15, -0.1) is 11.3 Å². The average Bonchev–Trinajstić information content (AvgIpc) is 2.78. The van der Waals surface area contributed by atoms with Crippen LogP contribution in [-0.4, -0.2) is 19.0 Å². The average molecular weight is 368 g/mol. The van der Waals surface area contributed by atoms with E-state index in [2.05, 4.69) is 5.32 Å². The smallest absolute Gasteiger partial charge is 0.341 e. The van der Waals surface area contributed by atoms with Crippen LogP contribution in [0.15, 0.2) is 18.2 Å². The van der Waals surface area contributed by atoms with Gasteiger partial charge in [-0.25, -0.2) is 4.79 Å². The Morgan fingerprint density at radius 3 is 2.62 bits per heavy atom. The summed E-state index contributed by atoms with van der Waals surface area (Å²) < 4.78 is 10.6. The number of ether oxygens (including phenoxy) is 2. The molecule has 2 aromatic rings. The van der Waals surface area contributed by atoms with Crippen molar-refractivity contribution in [3.05, 3.63) is 44.8 Å². The maximum Gasteiger partial charge on any atom is 0.341 e. The Kier molecular flexibility index (Phi) is 5.85. The highest BCUT2D eigenvalue weighted by atomic mass is 35.5. The van der Waals surface area contributed by atoms with Crippen LogP contribution in [0.5, 0.6) is 5.75 Å². The molecular formula is C17H18ClNO4S. The molecular weight excluding hydrogens is 350 g/mol. The van der Waals surface area contributed by atoms with Gasteiger partial charge in [0.25, 0.3) is 0 Å². The lowest BCUT2D eigenvalue weighted by molar-refractivity contribution is -0.114. The number of methoxy groups -OCH3 is 1. The van der Waals surface area contributed by atoms with E-state index in [0.29, 0.717) is 26.9 Å². The topological polar surface area (TPSA) is 64.6 Å². The number of aryl methyl sites for hydroxylation is 1. The molecule has 0 fully saturated rings. The number of hydrogen-bond donors (Lipinski definition) is 1. The van der Waals surface area contributed by atoms with E-state index in [9.17, 15) is 9.59 Å². The molecule has 0 saturated carbocycles. The standard InChI is InChI=1S/C17H18ClNO4S/c1-9-10(2)24-16(19-11(3)20)15(9)17(21)23-8-12-7-13(18)5-6-14(12)22-4/h5-7H,8H2,1-4H3,(H,19,20). The highest BCUT2D eigenvalue weighted by Crippen LogP contribution is 2.33. The van der Waals surface area contributed by atoms with E-state index in [-0.39, 0.29) is 12.5 Å². The molecule has 0 bridgehead atoms. The summed E-state index contributed by atoms with van der Waals surface area (Å²) >= 11 is 7.33. The van der Waals surface area contributed by atoms with Gasteiger partial charge in [0.05, 0.1) is 12.7 Å². The SMILES string of the molecule is COc1ccc(Cl)cc1COC(=O)c1c(NC(C)=O)sc(C)c1C. The van der Waals surface area contributed by atoms with Gasteiger partial charge in [0.1, 0.15) is 17.4 Å². The number of thiophene rings is 1. The maximum atomic E-state index is 12.5. The number of benzene rings is 1. The fraction of sp³-hybridized carbons (Fsp3) is 0.294. The monoisotopic (exact) mass is 367 g/mol. The zero-order chi connectivity index (χ0) is 17.9. The highest BCUT2D eigenvalue weighted by molar-refractivity contribution is 7.16. The Labute approximate surface area is 149 Å². The summed E-state index contributed by atoms with van der Waals surface area (Å²) in [6.45, 7) is 5.14. The second kappa shape index (κ2) is 7.68. The van der Waals surface area contributed by atoms with E-state index in [0.717, 1.165) is 10.4 Å². The third-order valence-electron chi connectivity index (χ3n) is 3.48. The lowest BCUT2D eigenvalue weighted by Gasteiger charge is -2.11. The molecule has 0 atom stereocenters. The molecule has 128 valence electrons. The summed E-state index contributed by atoms with van der Waals surface area (Å²) in [5.41, 5.74) is 1.85. The fourth-order valence-electron chi connectivity index (χ4n) is 2.20. The van der Waals surface area contributed by atoms with Crippen molar-refractivity contribution in [3.8, 4) is 5.75 Å². The molecule has 0 saturated heterocycles. The minimum atomic E-state index is -0.498. The van der Waals surface area contributed by atoms with Gasteiger partial charge in [0.2, 0.25) is 5.91 Å². The van der Waals surface area contributed by atoms with Gasteiger partial charge >= 0.3 is 5.97 Å². The van der Waals surface area contributed by atoms with Gasteiger partial charge in [-0.2, -0.15) is 0 Å². The zero-order valence-electron chi connectivity index (χ0n) is 13.9.